The summed E-state index contributed by atoms with van der Waals surface area (Å²) >= 11 is 0. The number of likely N-dealkylation sites (tertiary alicyclic amines) is 1. The molecule has 2 N–H and O–H groups in total. The highest BCUT2D eigenvalue weighted by atomic mass is 15.2. The van der Waals surface area contributed by atoms with Gasteiger partial charge in [-0.25, -0.2) is 0 Å². The van der Waals surface area contributed by atoms with E-state index in [2.05, 4.69) is 18.7 Å². The third-order valence-electron chi connectivity index (χ3n) is 3.54. The van der Waals surface area contributed by atoms with Gasteiger partial charge in [0, 0.05) is 19.1 Å². The molecule has 0 aromatic rings. The van der Waals surface area contributed by atoms with Crippen LogP contribution in [0.5, 0.6) is 0 Å². The Labute approximate surface area is 88.8 Å². The smallest absolute Gasteiger partial charge is 0.0218 e. The lowest BCUT2D eigenvalue weighted by molar-refractivity contribution is 0.118. The number of nitrogens with two attached hydrogens (primary N) is 1. The van der Waals surface area contributed by atoms with Crippen LogP contribution in [0, 0.1) is 5.92 Å². The zero-order chi connectivity index (χ0) is 10.4. The Hall–Kier alpha value is -0.0800. The first kappa shape index (κ1) is 12.0. The summed E-state index contributed by atoms with van der Waals surface area (Å²) in [5.41, 5.74) is 5.83. The normalized spacial score (nSPS) is 26.4. The molecule has 0 radical (unpaired) electrons. The molecule has 2 nitrogen and oxygen atoms in total. The summed E-state index contributed by atoms with van der Waals surface area (Å²) in [6, 6.07) is 0.648. The predicted molar refractivity (Wildman–Crippen MR) is 62.3 cm³/mol. The highest BCUT2D eigenvalue weighted by Crippen LogP contribution is 2.21. The Bertz CT molecular complexity index is 147. The zero-order valence-corrected chi connectivity index (χ0v) is 9.84. The van der Waals surface area contributed by atoms with Gasteiger partial charge in [0.25, 0.3) is 0 Å². The van der Waals surface area contributed by atoms with Crippen molar-refractivity contribution in [3.8, 4) is 0 Å². The van der Waals surface area contributed by atoms with Gasteiger partial charge in [-0.15, -0.1) is 0 Å². The minimum atomic E-state index is 0.648. The molecule has 2 atom stereocenters. The maximum atomic E-state index is 5.83. The molecule has 1 heterocycles. The Morgan fingerprint density at radius 3 is 2.79 bits per heavy atom. The Kier molecular flexibility index (Phi) is 5.49. The number of hydrogen-bond acceptors (Lipinski definition) is 2. The zero-order valence-electron chi connectivity index (χ0n) is 9.84. The van der Waals surface area contributed by atoms with Gasteiger partial charge in [-0.05, 0) is 31.7 Å². The van der Waals surface area contributed by atoms with Crippen molar-refractivity contribution in [2.45, 2.75) is 52.0 Å². The lowest BCUT2D eigenvalue weighted by atomic mass is 9.94. The first-order valence-corrected chi connectivity index (χ1v) is 6.25. The Morgan fingerprint density at radius 2 is 2.21 bits per heavy atom. The molecule has 0 spiro atoms. The maximum Gasteiger partial charge on any atom is 0.0218 e. The van der Waals surface area contributed by atoms with Crippen molar-refractivity contribution in [2.75, 3.05) is 19.6 Å². The first-order valence-electron chi connectivity index (χ1n) is 6.25. The maximum absolute atomic E-state index is 5.83. The van der Waals surface area contributed by atoms with Crippen LogP contribution in [0.4, 0.5) is 0 Å². The van der Waals surface area contributed by atoms with Crippen LogP contribution in [0.3, 0.4) is 0 Å². The second-order valence-corrected chi connectivity index (χ2v) is 4.59. The second-order valence-electron chi connectivity index (χ2n) is 4.59. The van der Waals surface area contributed by atoms with E-state index in [-0.39, 0.29) is 0 Å². The van der Waals surface area contributed by atoms with Crippen molar-refractivity contribution >= 4 is 0 Å². The van der Waals surface area contributed by atoms with Crippen molar-refractivity contribution in [1.82, 2.24) is 4.90 Å². The summed E-state index contributed by atoms with van der Waals surface area (Å²) in [5.74, 6) is 0.926. The van der Waals surface area contributed by atoms with Gasteiger partial charge in [0.15, 0.2) is 0 Å². The van der Waals surface area contributed by atoms with Crippen LogP contribution in [0.2, 0.25) is 0 Å². The molecule has 0 aromatic heterocycles. The number of nitrogens with zero attached hydrogens (tertiary/aromatic N) is 1. The minimum Gasteiger partial charge on any atom is -0.329 e. The van der Waals surface area contributed by atoms with Crippen LogP contribution in [0.25, 0.3) is 0 Å². The molecule has 1 aliphatic heterocycles. The van der Waals surface area contributed by atoms with E-state index >= 15 is 0 Å². The number of hydrogen-bond donors (Lipinski definition) is 1. The van der Waals surface area contributed by atoms with E-state index in [9.17, 15) is 0 Å². The molecule has 0 amide bonds. The van der Waals surface area contributed by atoms with Crippen molar-refractivity contribution in [2.24, 2.45) is 11.7 Å². The summed E-state index contributed by atoms with van der Waals surface area (Å²) < 4.78 is 0. The van der Waals surface area contributed by atoms with E-state index in [1.807, 2.05) is 0 Å². The topological polar surface area (TPSA) is 29.3 Å². The molecular weight excluding hydrogens is 172 g/mol. The van der Waals surface area contributed by atoms with Gasteiger partial charge in [-0.1, -0.05) is 26.7 Å². The fourth-order valence-corrected chi connectivity index (χ4v) is 2.54. The molecule has 1 aliphatic rings. The highest BCUT2D eigenvalue weighted by Gasteiger charge is 2.23. The van der Waals surface area contributed by atoms with E-state index < -0.39 is 0 Å². The molecule has 0 bridgehead atoms. The first-order chi connectivity index (χ1) is 6.81. The lowest BCUT2D eigenvalue weighted by Crippen LogP contribution is -2.46. The average Bonchev–Trinajstić information content (AvgIpc) is 2.26. The Morgan fingerprint density at radius 1 is 1.43 bits per heavy atom. The summed E-state index contributed by atoms with van der Waals surface area (Å²) in [4.78, 5) is 2.63. The van der Waals surface area contributed by atoms with Crippen molar-refractivity contribution in [3.05, 3.63) is 0 Å². The standard InChI is InChI=1S/C12H26N2/c1-3-6-12(9-13)14-8-5-7-11(4-2)10-14/h11-12H,3-10,13H2,1-2H3. The minimum absolute atomic E-state index is 0.648. The monoisotopic (exact) mass is 198 g/mol. The van der Waals surface area contributed by atoms with Gasteiger partial charge < -0.3 is 5.73 Å². The van der Waals surface area contributed by atoms with Crippen LogP contribution in [-0.2, 0) is 0 Å². The molecule has 1 saturated heterocycles. The molecule has 0 saturated carbocycles. The van der Waals surface area contributed by atoms with Gasteiger partial charge in [0.1, 0.15) is 0 Å². The van der Waals surface area contributed by atoms with Gasteiger partial charge in [0.2, 0.25) is 0 Å². The molecule has 1 rings (SSSR count). The van der Waals surface area contributed by atoms with Crippen molar-refractivity contribution in [1.29, 1.82) is 0 Å². The quantitative estimate of drug-likeness (QED) is 0.734. The van der Waals surface area contributed by atoms with Crippen molar-refractivity contribution < 1.29 is 0 Å². The van der Waals surface area contributed by atoms with Gasteiger partial charge in [0.05, 0.1) is 0 Å². The third-order valence-corrected chi connectivity index (χ3v) is 3.54. The third kappa shape index (κ3) is 3.25. The molecule has 0 aliphatic carbocycles. The predicted octanol–water partition coefficient (Wildman–Crippen LogP) is 2.24. The van der Waals surface area contributed by atoms with Crippen LogP contribution in [0.1, 0.15) is 46.0 Å². The molecule has 0 aromatic carbocycles. The fraction of sp³-hybridized carbons (Fsp3) is 1.00. The van der Waals surface area contributed by atoms with E-state index in [4.69, 9.17) is 5.73 Å². The molecule has 1 fully saturated rings. The summed E-state index contributed by atoms with van der Waals surface area (Å²) in [6.45, 7) is 7.97. The number of piperidine rings is 1. The molecular formula is C12H26N2. The fourth-order valence-electron chi connectivity index (χ4n) is 2.54. The van der Waals surface area contributed by atoms with E-state index in [1.54, 1.807) is 0 Å². The van der Waals surface area contributed by atoms with Crippen LogP contribution in [-0.4, -0.2) is 30.6 Å². The average molecular weight is 198 g/mol. The SMILES string of the molecule is CCCC(CN)N1CCCC(CC)C1. The lowest BCUT2D eigenvalue weighted by Gasteiger charge is -2.37. The summed E-state index contributed by atoms with van der Waals surface area (Å²) in [6.07, 6.45) is 6.66. The van der Waals surface area contributed by atoms with Gasteiger partial charge in [-0.3, -0.25) is 4.90 Å². The highest BCUT2D eigenvalue weighted by molar-refractivity contribution is 4.79. The van der Waals surface area contributed by atoms with E-state index in [0.29, 0.717) is 6.04 Å². The largest absolute Gasteiger partial charge is 0.329 e. The number of rotatable bonds is 5. The summed E-state index contributed by atoms with van der Waals surface area (Å²) in [5, 5.41) is 0. The summed E-state index contributed by atoms with van der Waals surface area (Å²) in [7, 11) is 0. The Balaban J connectivity index is 2.40. The van der Waals surface area contributed by atoms with Crippen molar-refractivity contribution in [3.63, 3.8) is 0 Å². The molecule has 2 unspecified atom stereocenters. The second kappa shape index (κ2) is 6.41. The molecule has 14 heavy (non-hydrogen) atoms. The van der Waals surface area contributed by atoms with E-state index in [0.717, 1.165) is 12.5 Å². The van der Waals surface area contributed by atoms with Crippen LogP contribution < -0.4 is 5.73 Å². The molecule has 2 heteroatoms. The van der Waals surface area contributed by atoms with Gasteiger partial charge >= 0.3 is 0 Å². The van der Waals surface area contributed by atoms with Crippen LogP contribution in [0.15, 0.2) is 0 Å². The van der Waals surface area contributed by atoms with E-state index in [1.165, 1.54) is 45.2 Å². The van der Waals surface area contributed by atoms with Gasteiger partial charge in [-0.2, -0.15) is 0 Å². The van der Waals surface area contributed by atoms with Crippen LogP contribution >= 0.6 is 0 Å². The molecule has 84 valence electrons.